The van der Waals surface area contributed by atoms with Gasteiger partial charge in [0, 0.05) is 13.1 Å². The van der Waals surface area contributed by atoms with E-state index in [-0.39, 0.29) is 5.97 Å². The minimum Gasteiger partial charge on any atom is -0.461 e. The van der Waals surface area contributed by atoms with Crippen LogP contribution in [0.15, 0.2) is 41.6 Å². The smallest absolute Gasteiger partial charge is 0.355 e. The third-order valence-corrected chi connectivity index (χ3v) is 3.22. The zero-order chi connectivity index (χ0) is 15.1. The Kier molecular flexibility index (Phi) is 5.78. The number of hydrogen-bond donors (Lipinski definition) is 1. The lowest BCUT2D eigenvalue weighted by atomic mass is 10.2. The van der Waals surface area contributed by atoms with Crippen molar-refractivity contribution < 1.29 is 14.3 Å². The molecule has 0 fully saturated rings. The molecule has 1 aliphatic heterocycles. The molecule has 21 heavy (non-hydrogen) atoms. The van der Waals surface area contributed by atoms with Gasteiger partial charge in [-0.1, -0.05) is 30.3 Å². The molecule has 0 aromatic heterocycles. The Morgan fingerprint density at radius 2 is 2.10 bits per heavy atom. The molecule has 0 bridgehead atoms. The number of hydrazine groups is 1. The predicted molar refractivity (Wildman–Crippen MR) is 80.1 cm³/mol. The van der Waals surface area contributed by atoms with Gasteiger partial charge >= 0.3 is 5.97 Å². The van der Waals surface area contributed by atoms with Gasteiger partial charge in [-0.15, -0.1) is 0 Å². The first kappa shape index (κ1) is 15.5. The van der Waals surface area contributed by atoms with Crippen LogP contribution < -0.4 is 5.43 Å². The number of nitrogens with zero attached hydrogens (tertiary/aromatic N) is 1. The molecular formula is C16H22N2O3. The zero-order valence-electron chi connectivity index (χ0n) is 12.6. The van der Waals surface area contributed by atoms with Crippen LogP contribution in [0, 0.1) is 0 Å². The maximum atomic E-state index is 11.7. The van der Waals surface area contributed by atoms with E-state index in [4.69, 9.17) is 9.47 Å². The Morgan fingerprint density at radius 3 is 2.81 bits per heavy atom. The molecule has 1 N–H and O–H groups in total. The molecule has 1 aromatic carbocycles. The van der Waals surface area contributed by atoms with Crippen LogP contribution in [0.5, 0.6) is 0 Å². The number of carbonyl (C=O) groups is 1. The van der Waals surface area contributed by atoms with E-state index in [1.54, 1.807) is 6.92 Å². The van der Waals surface area contributed by atoms with Gasteiger partial charge in [-0.3, -0.25) is 0 Å². The monoisotopic (exact) mass is 290 g/mol. The second-order valence-corrected chi connectivity index (χ2v) is 4.95. The summed E-state index contributed by atoms with van der Waals surface area (Å²) in [6.45, 7) is 6.76. The molecule has 0 atom stereocenters. The summed E-state index contributed by atoms with van der Waals surface area (Å²) < 4.78 is 10.7. The van der Waals surface area contributed by atoms with Crippen molar-refractivity contribution >= 4 is 5.97 Å². The van der Waals surface area contributed by atoms with Crippen molar-refractivity contribution in [3.8, 4) is 0 Å². The maximum Gasteiger partial charge on any atom is 0.355 e. The molecule has 0 spiro atoms. The van der Waals surface area contributed by atoms with Crippen LogP contribution in [0.25, 0.3) is 0 Å². The van der Waals surface area contributed by atoms with Crippen LogP contribution in [0.1, 0.15) is 19.4 Å². The number of rotatable bonds is 7. The van der Waals surface area contributed by atoms with Gasteiger partial charge in [-0.25, -0.2) is 9.80 Å². The highest BCUT2D eigenvalue weighted by atomic mass is 16.5. The van der Waals surface area contributed by atoms with E-state index < -0.39 is 0 Å². The number of carbonyl (C=O) groups excluding carboxylic acids is 1. The summed E-state index contributed by atoms with van der Waals surface area (Å²) in [4.78, 5) is 11.7. The van der Waals surface area contributed by atoms with Crippen molar-refractivity contribution in [2.45, 2.75) is 20.5 Å². The first-order chi connectivity index (χ1) is 10.2. The third-order valence-electron chi connectivity index (χ3n) is 3.22. The standard InChI is InChI=1S/C16H22N2O3/c1-3-21-16(19)15-13(2)11-18(17-15)9-10-20-12-14-7-5-4-6-8-14/h4-8,17H,3,9-12H2,1-2H3. The lowest BCUT2D eigenvalue weighted by Gasteiger charge is -2.17. The van der Waals surface area contributed by atoms with Crippen LogP contribution >= 0.6 is 0 Å². The maximum absolute atomic E-state index is 11.7. The number of esters is 1. The molecule has 1 aliphatic rings. The molecule has 1 heterocycles. The second-order valence-electron chi connectivity index (χ2n) is 4.95. The van der Waals surface area contributed by atoms with Crippen molar-refractivity contribution in [1.29, 1.82) is 0 Å². The van der Waals surface area contributed by atoms with E-state index in [0.29, 0.717) is 38.6 Å². The van der Waals surface area contributed by atoms with Gasteiger partial charge in [-0.2, -0.15) is 0 Å². The summed E-state index contributed by atoms with van der Waals surface area (Å²) in [6.07, 6.45) is 0. The molecule has 1 aromatic rings. The highest BCUT2D eigenvalue weighted by Gasteiger charge is 2.24. The second kappa shape index (κ2) is 7.81. The molecule has 0 saturated carbocycles. The summed E-state index contributed by atoms with van der Waals surface area (Å²) in [5.41, 5.74) is 5.80. The number of hydrogen-bond acceptors (Lipinski definition) is 5. The lowest BCUT2D eigenvalue weighted by molar-refractivity contribution is -0.139. The van der Waals surface area contributed by atoms with E-state index in [9.17, 15) is 4.79 Å². The average molecular weight is 290 g/mol. The van der Waals surface area contributed by atoms with Crippen molar-refractivity contribution in [3.05, 3.63) is 47.2 Å². The summed E-state index contributed by atoms with van der Waals surface area (Å²) in [5.74, 6) is -0.289. The first-order valence-corrected chi connectivity index (χ1v) is 7.21. The first-order valence-electron chi connectivity index (χ1n) is 7.21. The van der Waals surface area contributed by atoms with Gasteiger partial charge in [0.2, 0.25) is 0 Å². The zero-order valence-corrected chi connectivity index (χ0v) is 12.6. The van der Waals surface area contributed by atoms with E-state index in [0.717, 1.165) is 11.1 Å². The molecular weight excluding hydrogens is 268 g/mol. The number of nitrogens with one attached hydrogen (secondary N) is 1. The highest BCUT2D eigenvalue weighted by Crippen LogP contribution is 2.13. The Labute approximate surface area is 125 Å². The minimum atomic E-state index is -0.289. The van der Waals surface area contributed by atoms with E-state index in [1.807, 2.05) is 42.3 Å². The van der Waals surface area contributed by atoms with Crippen LogP contribution in [0.4, 0.5) is 0 Å². The van der Waals surface area contributed by atoms with Gasteiger partial charge in [0.25, 0.3) is 0 Å². The molecule has 0 unspecified atom stereocenters. The van der Waals surface area contributed by atoms with Gasteiger partial charge in [-0.05, 0) is 25.0 Å². The molecule has 0 amide bonds. The Hall–Kier alpha value is -1.85. The summed E-state index contributed by atoms with van der Waals surface area (Å²) in [6, 6.07) is 10.1. The fourth-order valence-electron chi connectivity index (χ4n) is 2.16. The van der Waals surface area contributed by atoms with Gasteiger partial charge in [0.1, 0.15) is 5.70 Å². The number of benzene rings is 1. The van der Waals surface area contributed by atoms with Gasteiger partial charge in [0.15, 0.2) is 0 Å². The Balaban J connectivity index is 1.68. The van der Waals surface area contributed by atoms with E-state index >= 15 is 0 Å². The van der Waals surface area contributed by atoms with Crippen molar-refractivity contribution in [3.63, 3.8) is 0 Å². The molecule has 0 radical (unpaired) electrons. The molecule has 5 heteroatoms. The molecule has 114 valence electrons. The SMILES string of the molecule is CCOC(=O)C1=C(C)CN(CCOCc2ccccc2)N1. The molecule has 5 nitrogen and oxygen atoms in total. The normalized spacial score (nSPS) is 15.1. The van der Waals surface area contributed by atoms with Crippen molar-refractivity contribution in [2.75, 3.05) is 26.3 Å². The van der Waals surface area contributed by atoms with Crippen LogP contribution in [0.2, 0.25) is 0 Å². The number of ether oxygens (including phenoxy) is 2. The third kappa shape index (κ3) is 4.58. The Morgan fingerprint density at radius 1 is 1.33 bits per heavy atom. The molecule has 0 saturated heterocycles. The fraction of sp³-hybridized carbons (Fsp3) is 0.438. The summed E-state index contributed by atoms with van der Waals surface area (Å²) in [7, 11) is 0. The fourth-order valence-corrected chi connectivity index (χ4v) is 2.16. The Bertz CT molecular complexity index is 500. The van der Waals surface area contributed by atoms with Crippen molar-refractivity contribution in [2.24, 2.45) is 0 Å². The van der Waals surface area contributed by atoms with Crippen LogP contribution in [-0.2, 0) is 20.9 Å². The summed E-state index contributed by atoms with van der Waals surface area (Å²) >= 11 is 0. The van der Waals surface area contributed by atoms with E-state index in [1.165, 1.54) is 0 Å². The van der Waals surface area contributed by atoms with Gasteiger partial charge in [0.05, 0.1) is 19.8 Å². The van der Waals surface area contributed by atoms with Crippen LogP contribution in [-0.4, -0.2) is 37.3 Å². The minimum absolute atomic E-state index is 0.289. The molecule has 2 rings (SSSR count). The lowest BCUT2D eigenvalue weighted by Crippen LogP contribution is -2.36. The van der Waals surface area contributed by atoms with Gasteiger partial charge < -0.3 is 14.9 Å². The summed E-state index contributed by atoms with van der Waals surface area (Å²) in [5, 5.41) is 1.96. The highest BCUT2D eigenvalue weighted by molar-refractivity contribution is 5.89. The largest absolute Gasteiger partial charge is 0.461 e. The van der Waals surface area contributed by atoms with E-state index in [2.05, 4.69) is 5.43 Å². The van der Waals surface area contributed by atoms with Crippen molar-refractivity contribution in [1.82, 2.24) is 10.4 Å². The topological polar surface area (TPSA) is 50.8 Å². The quantitative estimate of drug-likeness (QED) is 0.613. The predicted octanol–water partition coefficient (Wildman–Crippen LogP) is 1.86. The molecule has 0 aliphatic carbocycles. The average Bonchev–Trinajstić information content (AvgIpc) is 2.86. The van der Waals surface area contributed by atoms with Crippen LogP contribution in [0.3, 0.4) is 0 Å².